The second kappa shape index (κ2) is 12.8. The first-order valence-electron chi connectivity index (χ1n) is 7.79. The van der Waals surface area contributed by atoms with Crippen molar-refractivity contribution in [3.05, 3.63) is 0 Å². The highest BCUT2D eigenvalue weighted by Gasteiger charge is 2.14. The lowest BCUT2D eigenvalue weighted by atomic mass is 10.1. The Kier molecular flexibility index (Phi) is 12.4. The molecule has 0 rings (SSSR count). The number of carbonyl (C=O) groups is 1. The van der Waals surface area contributed by atoms with Crippen LogP contribution in [0.3, 0.4) is 0 Å². The van der Waals surface area contributed by atoms with Crippen LogP contribution in [0.25, 0.3) is 0 Å². The van der Waals surface area contributed by atoms with Crippen molar-refractivity contribution in [1.29, 1.82) is 0 Å². The summed E-state index contributed by atoms with van der Waals surface area (Å²) in [5, 5.41) is 0. The highest BCUT2D eigenvalue weighted by molar-refractivity contribution is 7.90. The highest BCUT2D eigenvalue weighted by Crippen LogP contribution is 2.10. The maximum absolute atomic E-state index is 11.5. The van der Waals surface area contributed by atoms with Crippen LogP contribution in [0.5, 0.6) is 0 Å². The summed E-state index contributed by atoms with van der Waals surface area (Å²) in [5.74, 6) is -0.158. The van der Waals surface area contributed by atoms with Crippen molar-refractivity contribution in [3.8, 4) is 0 Å². The SMILES string of the molecule is CCCCCCCCCCCCS(=O)(=O)NC(=O)NS(=O)O. The molecule has 1 unspecified atom stereocenters. The van der Waals surface area contributed by atoms with Crippen LogP contribution < -0.4 is 9.44 Å². The van der Waals surface area contributed by atoms with Crippen molar-refractivity contribution < 1.29 is 22.0 Å². The zero-order valence-electron chi connectivity index (χ0n) is 13.2. The van der Waals surface area contributed by atoms with E-state index in [0.29, 0.717) is 6.42 Å². The van der Waals surface area contributed by atoms with Crippen molar-refractivity contribution in [1.82, 2.24) is 9.44 Å². The Labute approximate surface area is 136 Å². The molecule has 0 heterocycles. The van der Waals surface area contributed by atoms with Gasteiger partial charge in [-0.05, 0) is 6.42 Å². The van der Waals surface area contributed by atoms with Gasteiger partial charge in [0.2, 0.25) is 10.0 Å². The molecule has 0 aliphatic carbocycles. The van der Waals surface area contributed by atoms with Crippen molar-refractivity contribution in [2.75, 3.05) is 5.75 Å². The zero-order chi connectivity index (χ0) is 16.8. The molecule has 22 heavy (non-hydrogen) atoms. The summed E-state index contributed by atoms with van der Waals surface area (Å²) in [6.07, 6.45) is 10.9. The Morgan fingerprint density at radius 1 is 0.955 bits per heavy atom. The third kappa shape index (κ3) is 14.3. The first-order chi connectivity index (χ1) is 10.4. The third-order valence-electron chi connectivity index (χ3n) is 3.19. The largest absolute Gasteiger partial charge is 0.341 e. The number of sulfonamides is 1. The van der Waals surface area contributed by atoms with Gasteiger partial charge < -0.3 is 0 Å². The van der Waals surface area contributed by atoms with Crippen LogP contribution in [0, 0.1) is 0 Å². The van der Waals surface area contributed by atoms with Gasteiger partial charge in [0.05, 0.1) is 5.75 Å². The molecule has 0 saturated carbocycles. The van der Waals surface area contributed by atoms with Crippen molar-refractivity contribution >= 4 is 27.3 Å². The number of unbranched alkanes of at least 4 members (excludes halogenated alkanes) is 9. The third-order valence-corrected chi connectivity index (χ3v) is 4.88. The minimum atomic E-state index is -3.74. The van der Waals surface area contributed by atoms with E-state index in [1.54, 1.807) is 4.72 Å². The quantitative estimate of drug-likeness (QED) is 0.347. The Bertz CT molecular complexity index is 426. The van der Waals surface area contributed by atoms with Crippen molar-refractivity contribution in [3.63, 3.8) is 0 Å². The van der Waals surface area contributed by atoms with E-state index in [9.17, 15) is 17.4 Å². The number of amides is 2. The minimum absolute atomic E-state index is 0.158. The van der Waals surface area contributed by atoms with Gasteiger partial charge in [-0.15, -0.1) is 0 Å². The number of rotatable bonds is 13. The van der Waals surface area contributed by atoms with Gasteiger partial charge in [0.25, 0.3) is 11.3 Å². The summed E-state index contributed by atoms with van der Waals surface area (Å²) in [6.45, 7) is 2.19. The lowest BCUT2D eigenvalue weighted by Gasteiger charge is -2.06. The van der Waals surface area contributed by atoms with Crippen LogP contribution in [0.1, 0.15) is 71.1 Å². The average molecular weight is 357 g/mol. The maximum Gasteiger partial charge on any atom is 0.341 e. The molecule has 2 amide bonds. The number of urea groups is 1. The first-order valence-corrected chi connectivity index (χ1v) is 10.5. The molecule has 0 aliphatic rings. The molecule has 0 saturated heterocycles. The van der Waals surface area contributed by atoms with Gasteiger partial charge in [0, 0.05) is 0 Å². The maximum atomic E-state index is 11.5. The lowest BCUT2D eigenvalue weighted by Crippen LogP contribution is -2.41. The Hall–Kier alpha value is -0.670. The van der Waals surface area contributed by atoms with E-state index in [2.05, 4.69) is 6.92 Å². The molecule has 0 aromatic carbocycles. The molecule has 132 valence electrons. The van der Waals surface area contributed by atoms with E-state index in [0.717, 1.165) is 19.3 Å². The van der Waals surface area contributed by atoms with E-state index in [4.69, 9.17) is 4.55 Å². The Balaban J connectivity index is 3.57. The van der Waals surface area contributed by atoms with Gasteiger partial charge in [0.1, 0.15) is 0 Å². The smallest absolute Gasteiger partial charge is 0.289 e. The molecule has 3 N–H and O–H groups in total. The molecule has 0 aromatic rings. The molecular formula is C13H28N2O5S2. The molecule has 7 nitrogen and oxygen atoms in total. The second-order valence-electron chi connectivity index (χ2n) is 5.28. The lowest BCUT2D eigenvalue weighted by molar-refractivity contribution is 0.250. The average Bonchev–Trinajstić information content (AvgIpc) is 2.39. The van der Waals surface area contributed by atoms with E-state index in [1.165, 1.54) is 43.2 Å². The van der Waals surface area contributed by atoms with E-state index < -0.39 is 27.3 Å². The molecule has 0 aromatic heterocycles. The summed E-state index contributed by atoms with van der Waals surface area (Å²) in [7, 11) is -3.74. The fraction of sp³-hybridized carbons (Fsp3) is 0.923. The predicted molar refractivity (Wildman–Crippen MR) is 88.1 cm³/mol. The van der Waals surface area contributed by atoms with Crippen molar-refractivity contribution in [2.24, 2.45) is 0 Å². The van der Waals surface area contributed by atoms with Crippen LogP contribution in [-0.2, 0) is 21.3 Å². The zero-order valence-corrected chi connectivity index (χ0v) is 14.8. The normalized spacial score (nSPS) is 12.8. The summed E-state index contributed by atoms with van der Waals surface area (Å²) < 4.78 is 44.9. The number of nitrogens with one attached hydrogen (secondary N) is 2. The summed E-state index contributed by atoms with van der Waals surface area (Å²) >= 11 is -2.57. The van der Waals surface area contributed by atoms with Gasteiger partial charge in [-0.1, -0.05) is 64.7 Å². The van der Waals surface area contributed by atoms with E-state index >= 15 is 0 Å². The Morgan fingerprint density at radius 3 is 1.86 bits per heavy atom. The van der Waals surface area contributed by atoms with Crippen LogP contribution in [-0.4, -0.2) is 29.0 Å². The van der Waals surface area contributed by atoms with Crippen LogP contribution in [0.15, 0.2) is 0 Å². The topological polar surface area (TPSA) is 113 Å². The second-order valence-corrected chi connectivity index (χ2v) is 7.83. The number of hydrogen-bond acceptors (Lipinski definition) is 4. The Morgan fingerprint density at radius 2 is 1.41 bits per heavy atom. The summed E-state index contributed by atoms with van der Waals surface area (Å²) in [4.78, 5) is 11.0. The molecule has 1 atom stereocenters. The minimum Gasteiger partial charge on any atom is -0.289 e. The van der Waals surface area contributed by atoms with Gasteiger partial charge in [-0.25, -0.2) is 26.9 Å². The highest BCUT2D eigenvalue weighted by atomic mass is 32.2. The molecular weight excluding hydrogens is 328 g/mol. The van der Waals surface area contributed by atoms with Gasteiger partial charge in [-0.2, -0.15) is 0 Å². The monoisotopic (exact) mass is 356 g/mol. The number of carbonyl (C=O) groups excluding carboxylic acids is 1. The molecule has 0 aliphatic heterocycles. The molecule has 0 bridgehead atoms. The fourth-order valence-electron chi connectivity index (χ4n) is 2.07. The molecule has 0 radical (unpaired) electrons. The van der Waals surface area contributed by atoms with Gasteiger partial charge in [-0.3, -0.25) is 4.55 Å². The van der Waals surface area contributed by atoms with Crippen LogP contribution in [0.2, 0.25) is 0 Å². The summed E-state index contributed by atoms with van der Waals surface area (Å²) in [5.41, 5.74) is 0. The van der Waals surface area contributed by atoms with Gasteiger partial charge >= 0.3 is 6.03 Å². The summed E-state index contributed by atoms with van der Waals surface area (Å²) in [6, 6.07) is -1.19. The number of hydrogen-bond donors (Lipinski definition) is 3. The molecule has 9 heteroatoms. The first kappa shape index (κ1) is 21.3. The van der Waals surface area contributed by atoms with Crippen LogP contribution in [0.4, 0.5) is 4.79 Å². The van der Waals surface area contributed by atoms with Crippen molar-refractivity contribution in [2.45, 2.75) is 71.1 Å². The van der Waals surface area contributed by atoms with E-state index in [-0.39, 0.29) is 5.75 Å². The molecule has 0 fully saturated rings. The molecule has 0 spiro atoms. The fourth-order valence-corrected chi connectivity index (χ4v) is 3.37. The predicted octanol–water partition coefficient (Wildman–Crippen LogP) is 2.67. The standard InChI is InChI=1S/C13H28N2O5S2/c1-2-3-4-5-6-7-8-9-10-11-12-22(19,20)15-13(16)14-21(17)18/h2-12H2,1H3,(H,17,18)(H2,14,15,16). The van der Waals surface area contributed by atoms with Gasteiger partial charge in [0.15, 0.2) is 0 Å². The van der Waals surface area contributed by atoms with E-state index in [1.807, 2.05) is 0 Å². The van der Waals surface area contributed by atoms with Crippen LogP contribution >= 0.6 is 0 Å².